The van der Waals surface area contributed by atoms with E-state index in [9.17, 15) is 8.42 Å². The Bertz CT molecular complexity index is 1150. The van der Waals surface area contributed by atoms with Gasteiger partial charge in [-0.25, -0.2) is 18.1 Å². The molecule has 10 heteroatoms. The van der Waals surface area contributed by atoms with E-state index in [4.69, 9.17) is 16.3 Å². The zero-order valence-electron chi connectivity index (χ0n) is 17.4. The third kappa shape index (κ3) is 6.30. The minimum absolute atomic E-state index is 0.0149. The fraction of sp³-hybridized carbons (Fsp3) is 0.238. The van der Waals surface area contributed by atoms with Gasteiger partial charge in [-0.2, -0.15) is 4.98 Å². The predicted octanol–water partition coefficient (Wildman–Crippen LogP) is 3.89. The maximum Gasteiger partial charge on any atom is 0.244 e. The van der Waals surface area contributed by atoms with Crippen LogP contribution in [0.2, 0.25) is 5.02 Å². The molecule has 0 unspecified atom stereocenters. The Morgan fingerprint density at radius 3 is 2.45 bits per heavy atom. The van der Waals surface area contributed by atoms with Gasteiger partial charge in [0.25, 0.3) is 0 Å². The minimum Gasteiger partial charge on any atom is -0.495 e. The first-order valence-electron chi connectivity index (χ1n) is 9.53. The van der Waals surface area contributed by atoms with Crippen molar-refractivity contribution in [2.45, 2.75) is 18.7 Å². The Balaban J connectivity index is 1.61. The number of anilines is 3. The summed E-state index contributed by atoms with van der Waals surface area (Å²) in [6.45, 7) is 4.30. The Hall–Kier alpha value is -2.88. The largest absolute Gasteiger partial charge is 0.495 e. The van der Waals surface area contributed by atoms with E-state index in [1.54, 1.807) is 6.07 Å². The molecule has 31 heavy (non-hydrogen) atoms. The van der Waals surface area contributed by atoms with Gasteiger partial charge in [0.15, 0.2) is 0 Å². The van der Waals surface area contributed by atoms with E-state index in [0.29, 0.717) is 16.8 Å². The van der Waals surface area contributed by atoms with E-state index in [2.05, 4.69) is 25.3 Å². The average molecular weight is 462 g/mol. The highest BCUT2D eigenvalue weighted by molar-refractivity contribution is 7.89. The number of nitrogens with zero attached hydrogens (tertiary/aromatic N) is 2. The van der Waals surface area contributed by atoms with Crippen molar-refractivity contribution in [3.63, 3.8) is 0 Å². The lowest BCUT2D eigenvalue weighted by atomic mass is 10.2. The molecule has 0 fully saturated rings. The molecule has 3 aromatic rings. The zero-order chi connectivity index (χ0) is 22.4. The molecule has 164 valence electrons. The number of nitrogens with one attached hydrogen (secondary N) is 3. The maximum absolute atomic E-state index is 12.6. The predicted molar refractivity (Wildman–Crippen MR) is 123 cm³/mol. The van der Waals surface area contributed by atoms with Crippen molar-refractivity contribution in [3.05, 3.63) is 64.8 Å². The van der Waals surface area contributed by atoms with Crippen LogP contribution in [0.15, 0.2) is 53.4 Å². The van der Waals surface area contributed by atoms with Gasteiger partial charge < -0.3 is 15.4 Å². The van der Waals surface area contributed by atoms with Crippen molar-refractivity contribution in [3.8, 4) is 5.75 Å². The van der Waals surface area contributed by atoms with Crippen molar-refractivity contribution < 1.29 is 13.2 Å². The molecule has 0 spiro atoms. The summed E-state index contributed by atoms with van der Waals surface area (Å²) < 4.78 is 32.8. The molecule has 0 bridgehead atoms. The molecule has 1 aromatic heterocycles. The van der Waals surface area contributed by atoms with Gasteiger partial charge in [-0.1, -0.05) is 29.3 Å². The topological polar surface area (TPSA) is 105 Å². The number of rotatable bonds is 9. The van der Waals surface area contributed by atoms with E-state index in [-0.39, 0.29) is 23.7 Å². The Morgan fingerprint density at radius 1 is 1.00 bits per heavy atom. The number of hydrogen-bond acceptors (Lipinski definition) is 7. The van der Waals surface area contributed by atoms with Crippen LogP contribution in [0, 0.1) is 13.8 Å². The van der Waals surface area contributed by atoms with E-state index in [1.165, 1.54) is 24.8 Å². The van der Waals surface area contributed by atoms with Crippen LogP contribution < -0.4 is 20.1 Å². The summed E-state index contributed by atoms with van der Waals surface area (Å²) >= 11 is 5.93. The van der Waals surface area contributed by atoms with Gasteiger partial charge in [0.05, 0.1) is 7.11 Å². The molecule has 3 N–H and O–H groups in total. The van der Waals surface area contributed by atoms with E-state index in [0.717, 1.165) is 11.4 Å². The maximum atomic E-state index is 12.6. The van der Waals surface area contributed by atoms with Crippen molar-refractivity contribution in [1.82, 2.24) is 14.7 Å². The third-order valence-corrected chi connectivity index (χ3v) is 6.01. The Kier molecular flexibility index (Phi) is 7.32. The second-order valence-electron chi connectivity index (χ2n) is 6.83. The highest BCUT2D eigenvalue weighted by Gasteiger charge is 2.19. The number of sulfonamides is 1. The zero-order valence-corrected chi connectivity index (χ0v) is 19.0. The molecule has 0 saturated carbocycles. The minimum atomic E-state index is -3.79. The van der Waals surface area contributed by atoms with Crippen molar-refractivity contribution >= 4 is 39.1 Å². The normalized spacial score (nSPS) is 11.2. The molecule has 3 rings (SSSR count). The van der Waals surface area contributed by atoms with Gasteiger partial charge in [0.1, 0.15) is 16.5 Å². The fourth-order valence-electron chi connectivity index (χ4n) is 2.79. The van der Waals surface area contributed by atoms with Crippen LogP contribution in [-0.4, -0.2) is 38.6 Å². The first-order valence-corrected chi connectivity index (χ1v) is 11.4. The molecule has 2 aromatic carbocycles. The third-order valence-electron chi connectivity index (χ3n) is 4.29. The second-order valence-corrected chi connectivity index (χ2v) is 9.00. The number of methoxy groups -OCH3 is 1. The van der Waals surface area contributed by atoms with Crippen LogP contribution >= 0.6 is 11.6 Å². The SMILES string of the molecule is COc1ccc(Cl)cc1S(=O)(=O)NCCNc1nc(C)cc(Nc2ccc(C)cc2)n1. The Morgan fingerprint density at radius 2 is 1.74 bits per heavy atom. The molecule has 8 nitrogen and oxygen atoms in total. The smallest absolute Gasteiger partial charge is 0.244 e. The van der Waals surface area contributed by atoms with Crippen molar-refractivity contribution in [2.24, 2.45) is 0 Å². The monoisotopic (exact) mass is 461 g/mol. The standard InChI is InChI=1S/C21H24ClN5O3S/c1-14-4-7-17(8-5-14)26-20-12-15(2)25-21(27-20)23-10-11-24-31(28,29)19-13-16(22)6-9-18(19)30-3/h4-9,12-13,24H,10-11H2,1-3H3,(H2,23,25,26,27). The molecule has 0 radical (unpaired) electrons. The highest BCUT2D eigenvalue weighted by Crippen LogP contribution is 2.26. The van der Waals surface area contributed by atoms with Crippen LogP contribution in [-0.2, 0) is 10.0 Å². The lowest BCUT2D eigenvalue weighted by molar-refractivity contribution is 0.402. The van der Waals surface area contributed by atoms with Gasteiger partial charge in [-0.05, 0) is 44.2 Å². The van der Waals surface area contributed by atoms with Gasteiger partial charge in [-0.3, -0.25) is 0 Å². The summed E-state index contributed by atoms with van der Waals surface area (Å²) in [5, 5.41) is 6.58. The first-order chi connectivity index (χ1) is 14.8. The number of aryl methyl sites for hydroxylation is 2. The number of hydrogen-bond donors (Lipinski definition) is 3. The van der Waals surface area contributed by atoms with Gasteiger partial charge in [0.2, 0.25) is 16.0 Å². The van der Waals surface area contributed by atoms with Crippen LogP contribution in [0.3, 0.4) is 0 Å². The van der Waals surface area contributed by atoms with Crippen molar-refractivity contribution in [1.29, 1.82) is 0 Å². The number of aromatic nitrogens is 2. The Labute approximate surface area is 187 Å². The van der Waals surface area contributed by atoms with E-state index >= 15 is 0 Å². The summed E-state index contributed by atoms with van der Waals surface area (Å²) in [5.74, 6) is 1.26. The highest BCUT2D eigenvalue weighted by atomic mass is 35.5. The molecule has 0 aliphatic heterocycles. The molecular weight excluding hydrogens is 438 g/mol. The van der Waals surface area contributed by atoms with Crippen LogP contribution in [0.1, 0.15) is 11.3 Å². The summed E-state index contributed by atoms with van der Waals surface area (Å²) in [4.78, 5) is 8.76. The van der Waals surface area contributed by atoms with Crippen LogP contribution in [0.5, 0.6) is 5.75 Å². The number of halogens is 1. The molecule has 0 aliphatic carbocycles. The quantitative estimate of drug-likeness (QED) is 0.415. The van der Waals surface area contributed by atoms with Crippen molar-refractivity contribution in [2.75, 3.05) is 30.8 Å². The van der Waals surface area contributed by atoms with Crippen LogP contribution in [0.25, 0.3) is 0 Å². The first kappa shape index (κ1) is 22.8. The molecule has 0 atom stereocenters. The lowest BCUT2D eigenvalue weighted by Gasteiger charge is -2.12. The molecule has 0 amide bonds. The summed E-state index contributed by atoms with van der Waals surface area (Å²) in [6.07, 6.45) is 0. The number of benzene rings is 2. The van der Waals surface area contributed by atoms with Gasteiger partial charge in [0, 0.05) is 35.6 Å². The molecule has 0 aliphatic rings. The summed E-state index contributed by atoms with van der Waals surface area (Å²) in [5.41, 5.74) is 2.86. The average Bonchev–Trinajstić information content (AvgIpc) is 2.72. The molecular formula is C21H24ClN5O3S. The lowest BCUT2D eigenvalue weighted by Crippen LogP contribution is -2.29. The summed E-state index contributed by atoms with van der Waals surface area (Å²) in [7, 11) is -2.39. The number of ether oxygens (including phenoxy) is 1. The van der Waals surface area contributed by atoms with Gasteiger partial charge >= 0.3 is 0 Å². The van der Waals surface area contributed by atoms with Crippen LogP contribution in [0.4, 0.5) is 17.5 Å². The van der Waals surface area contributed by atoms with E-state index < -0.39 is 10.0 Å². The van der Waals surface area contributed by atoms with E-state index in [1.807, 2.05) is 44.2 Å². The summed E-state index contributed by atoms with van der Waals surface area (Å²) in [6, 6.07) is 14.2. The molecule has 1 heterocycles. The van der Waals surface area contributed by atoms with Gasteiger partial charge in [-0.15, -0.1) is 0 Å². The fourth-order valence-corrected chi connectivity index (χ4v) is 4.26. The second kappa shape index (κ2) is 9.95. The molecule has 0 saturated heterocycles.